The van der Waals surface area contributed by atoms with Gasteiger partial charge in [0, 0.05) is 19.0 Å². The number of unbranched alkanes of at least 4 members (excludes halogenated alkanes) is 2. The van der Waals surface area contributed by atoms with E-state index in [0.717, 1.165) is 57.3 Å². The maximum Gasteiger partial charge on any atom is 0.341 e. The Kier molecular flexibility index (Phi) is 8.16. The number of hydrogen-bond donors (Lipinski definition) is 1. The molecule has 1 heterocycles. The van der Waals surface area contributed by atoms with Crippen LogP contribution < -0.4 is 5.32 Å². The van der Waals surface area contributed by atoms with Crippen molar-refractivity contribution in [3.05, 3.63) is 29.8 Å². The van der Waals surface area contributed by atoms with E-state index < -0.39 is 15.6 Å². The molecule has 1 aliphatic rings. The van der Waals surface area contributed by atoms with Crippen molar-refractivity contribution in [2.45, 2.75) is 56.2 Å². The minimum Gasteiger partial charge on any atom is -0.356 e. The highest BCUT2D eigenvalue weighted by Crippen LogP contribution is 2.22. The monoisotopic (exact) mass is 402 g/mol. The van der Waals surface area contributed by atoms with Crippen LogP contribution in [0.15, 0.2) is 29.2 Å². The number of halogens is 2. The Labute approximate surface area is 160 Å². The molecule has 0 atom stereocenters. The van der Waals surface area contributed by atoms with Crippen LogP contribution in [0.1, 0.15) is 44.6 Å². The number of rotatable bonds is 9. The molecule has 1 fully saturated rings. The molecule has 0 aromatic heterocycles. The molecular weight excluding hydrogens is 374 g/mol. The highest BCUT2D eigenvalue weighted by Gasteiger charge is 2.27. The van der Waals surface area contributed by atoms with Crippen molar-refractivity contribution in [3.63, 3.8) is 0 Å². The third-order valence-corrected chi connectivity index (χ3v) is 6.33. The van der Waals surface area contributed by atoms with Crippen molar-refractivity contribution in [1.82, 2.24) is 10.2 Å². The average molecular weight is 403 g/mol. The SMILES string of the molecule is CCCCCNC(=O)C1CCN(Cc2ccc(S(=O)(=O)C(F)F)cc2)CC1. The first-order chi connectivity index (χ1) is 12.8. The number of piperidine rings is 1. The van der Waals surface area contributed by atoms with E-state index in [4.69, 9.17) is 0 Å². The van der Waals surface area contributed by atoms with Gasteiger partial charge in [-0.15, -0.1) is 0 Å². The average Bonchev–Trinajstić information content (AvgIpc) is 2.66. The van der Waals surface area contributed by atoms with E-state index in [-0.39, 0.29) is 16.7 Å². The standard InChI is InChI=1S/C19H28F2N2O3S/c1-2-3-4-11-22-18(24)16-9-12-23(13-10-16)14-15-5-7-17(8-6-15)27(25,26)19(20)21/h5-8,16,19H,2-4,9-14H2,1H3,(H,22,24). The first-order valence-corrected chi connectivity index (χ1v) is 11.0. The first kappa shape index (κ1) is 21.8. The highest BCUT2D eigenvalue weighted by molar-refractivity contribution is 7.91. The summed E-state index contributed by atoms with van der Waals surface area (Å²) in [6, 6.07) is 5.60. The van der Waals surface area contributed by atoms with Crippen LogP contribution in [0.4, 0.5) is 8.78 Å². The number of likely N-dealkylation sites (tertiary alicyclic amines) is 1. The molecule has 0 bridgehead atoms. The molecule has 1 amide bonds. The number of carbonyl (C=O) groups excluding carboxylic acids is 1. The Morgan fingerprint density at radius 3 is 2.37 bits per heavy atom. The van der Waals surface area contributed by atoms with Crippen LogP contribution >= 0.6 is 0 Å². The second-order valence-electron chi connectivity index (χ2n) is 7.00. The number of alkyl halides is 2. The molecule has 8 heteroatoms. The summed E-state index contributed by atoms with van der Waals surface area (Å²) in [4.78, 5) is 14.0. The lowest BCUT2D eigenvalue weighted by atomic mass is 9.95. The second-order valence-corrected chi connectivity index (χ2v) is 8.92. The van der Waals surface area contributed by atoms with Gasteiger partial charge >= 0.3 is 5.76 Å². The first-order valence-electron chi connectivity index (χ1n) is 9.45. The fraction of sp³-hybridized carbons (Fsp3) is 0.632. The molecule has 0 aliphatic carbocycles. The van der Waals surface area contributed by atoms with Crippen LogP contribution in [-0.2, 0) is 21.2 Å². The molecule has 5 nitrogen and oxygen atoms in total. The van der Waals surface area contributed by atoms with E-state index in [0.29, 0.717) is 6.54 Å². The molecule has 152 valence electrons. The van der Waals surface area contributed by atoms with E-state index in [1.807, 2.05) is 0 Å². The maximum atomic E-state index is 12.6. The summed E-state index contributed by atoms with van der Waals surface area (Å²) in [5.41, 5.74) is 0.866. The van der Waals surface area contributed by atoms with Gasteiger partial charge in [-0.2, -0.15) is 8.78 Å². The number of hydrogen-bond acceptors (Lipinski definition) is 4. The smallest absolute Gasteiger partial charge is 0.341 e. The van der Waals surface area contributed by atoms with Gasteiger partial charge in [0.2, 0.25) is 15.7 Å². The van der Waals surface area contributed by atoms with E-state index in [1.165, 1.54) is 12.1 Å². The minimum atomic E-state index is -4.55. The molecule has 1 N–H and O–H groups in total. The molecule has 1 saturated heterocycles. The van der Waals surface area contributed by atoms with Gasteiger partial charge in [0.15, 0.2) is 0 Å². The van der Waals surface area contributed by atoms with Gasteiger partial charge in [-0.3, -0.25) is 9.69 Å². The van der Waals surface area contributed by atoms with Crippen molar-refractivity contribution in [1.29, 1.82) is 0 Å². The molecule has 0 saturated carbocycles. The molecular formula is C19H28F2N2O3S. The molecule has 0 spiro atoms. The van der Waals surface area contributed by atoms with Gasteiger partial charge < -0.3 is 5.32 Å². The largest absolute Gasteiger partial charge is 0.356 e. The van der Waals surface area contributed by atoms with Gasteiger partial charge in [0.1, 0.15) is 0 Å². The maximum absolute atomic E-state index is 12.6. The zero-order chi connectivity index (χ0) is 19.9. The van der Waals surface area contributed by atoms with Crippen molar-refractivity contribution < 1.29 is 22.0 Å². The second kappa shape index (κ2) is 10.1. The van der Waals surface area contributed by atoms with Crippen LogP contribution in [0.25, 0.3) is 0 Å². The quantitative estimate of drug-likeness (QED) is 0.644. The molecule has 2 rings (SSSR count). The molecule has 1 aliphatic heterocycles. The van der Waals surface area contributed by atoms with E-state index in [9.17, 15) is 22.0 Å². The number of carbonyl (C=O) groups is 1. The lowest BCUT2D eigenvalue weighted by Crippen LogP contribution is -2.40. The van der Waals surface area contributed by atoms with Crippen molar-refractivity contribution in [2.75, 3.05) is 19.6 Å². The van der Waals surface area contributed by atoms with Gasteiger partial charge in [-0.1, -0.05) is 31.9 Å². The van der Waals surface area contributed by atoms with Crippen LogP contribution in [0, 0.1) is 5.92 Å². The van der Waals surface area contributed by atoms with Crippen LogP contribution in [0.2, 0.25) is 0 Å². The molecule has 1 aromatic carbocycles. The Bertz CT molecular complexity index is 700. The fourth-order valence-electron chi connectivity index (χ4n) is 3.23. The van der Waals surface area contributed by atoms with Gasteiger partial charge in [0.05, 0.1) is 4.90 Å². The third kappa shape index (κ3) is 6.24. The molecule has 27 heavy (non-hydrogen) atoms. The predicted molar refractivity (Wildman–Crippen MR) is 100 cm³/mol. The summed E-state index contributed by atoms with van der Waals surface area (Å²) < 4.78 is 48.0. The summed E-state index contributed by atoms with van der Waals surface area (Å²) in [6.07, 6.45) is 4.84. The van der Waals surface area contributed by atoms with Crippen LogP contribution in [0.3, 0.4) is 0 Å². The summed E-state index contributed by atoms with van der Waals surface area (Å²) in [7, 11) is -4.55. The zero-order valence-corrected chi connectivity index (χ0v) is 16.5. The number of benzene rings is 1. The Morgan fingerprint density at radius 1 is 1.19 bits per heavy atom. The summed E-state index contributed by atoms with van der Waals surface area (Å²) in [5, 5.41) is 3.01. The van der Waals surface area contributed by atoms with E-state index in [2.05, 4.69) is 17.1 Å². The molecule has 1 aromatic rings. The Hall–Kier alpha value is -1.54. The number of nitrogens with zero attached hydrogens (tertiary/aromatic N) is 1. The predicted octanol–water partition coefficient (Wildman–Crippen LogP) is 3.20. The number of nitrogens with one attached hydrogen (secondary N) is 1. The normalized spacial score (nSPS) is 16.6. The van der Waals surface area contributed by atoms with Gasteiger partial charge in [-0.25, -0.2) is 8.42 Å². The summed E-state index contributed by atoms with van der Waals surface area (Å²) >= 11 is 0. The van der Waals surface area contributed by atoms with Crippen LogP contribution in [-0.4, -0.2) is 44.6 Å². The van der Waals surface area contributed by atoms with Crippen LogP contribution in [0.5, 0.6) is 0 Å². The van der Waals surface area contributed by atoms with Gasteiger partial charge in [-0.05, 0) is 50.0 Å². The lowest BCUT2D eigenvalue weighted by molar-refractivity contribution is -0.126. The summed E-state index contributed by atoms with van der Waals surface area (Å²) in [5.74, 6) is -3.23. The van der Waals surface area contributed by atoms with Crippen molar-refractivity contribution in [2.24, 2.45) is 5.92 Å². The zero-order valence-electron chi connectivity index (χ0n) is 15.7. The lowest BCUT2D eigenvalue weighted by Gasteiger charge is -2.31. The van der Waals surface area contributed by atoms with E-state index >= 15 is 0 Å². The van der Waals surface area contributed by atoms with Crippen molar-refractivity contribution >= 4 is 15.7 Å². The Balaban J connectivity index is 1.79. The third-order valence-electron chi connectivity index (χ3n) is 4.93. The molecule has 0 unspecified atom stereocenters. The van der Waals surface area contributed by atoms with E-state index in [1.54, 1.807) is 12.1 Å². The summed E-state index contributed by atoms with van der Waals surface area (Å²) in [6.45, 7) is 5.04. The number of sulfone groups is 1. The van der Waals surface area contributed by atoms with Crippen molar-refractivity contribution in [3.8, 4) is 0 Å². The molecule has 0 radical (unpaired) electrons. The topological polar surface area (TPSA) is 66.5 Å². The highest BCUT2D eigenvalue weighted by atomic mass is 32.2. The fourth-order valence-corrected chi connectivity index (χ4v) is 3.95. The Morgan fingerprint density at radius 2 is 1.81 bits per heavy atom. The number of amides is 1. The van der Waals surface area contributed by atoms with Gasteiger partial charge in [0.25, 0.3) is 0 Å². The minimum absolute atomic E-state index is 0.0430.